The molecule has 2 N–H and O–H groups in total. The highest BCUT2D eigenvalue weighted by Gasteiger charge is 2.03. The van der Waals surface area contributed by atoms with E-state index in [-0.39, 0.29) is 6.03 Å². The van der Waals surface area contributed by atoms with Gasteiger partial charge in [0.1, 0.15) is 5.76 Å². The maximum absolute atomic E-state index is 11.3. The van der Waals surface area contributed by atoms with Crippen LogP contribution < -0.4 is 10.6 Å². The van der Waals surface area contributed by atoms with Crippen molar-refractivity contribution in [2.24, 2.45) is 0 Å². The minimum absolute atomic E-state index is 0.332. The molecular formula is C10H10N2O3. The second-order valence-corrected chi connectivity index (χ2v) is 2.86. The van der Waals surface area contributed by atoms with Gasteiger partial charge in [-0.25, -0.2) is 4.79 Å². The molecule has 78 valence electrons. The molecule has 0 saturated carbocycles. The van der Waals surface area contributed by atoms with Crippen molar-refractivity contribution >= 4 is 11.9 Å². The second kappa shape index (κ2) is 4.36. The zero-order valence-corrected chi connectivity index (χ0v) is 7.90. The number of hydrogen-bond donors (Lipinski definition) is 2. The number of carbonyl (C=O) groups excluding carboxylic acids is 1. The summed E-state index contributed by atoms with van der Waals surface area (Å²) >= 11 is 0. The van der Waals surface area contributed by atoms with Crippen molar-refractivity contribution in [3.63, 3.8) is 0 Å². The molecule has 0 aliphatic carbocycles. The summed E-state index contributed by atoms with van der Waals surface area (Å²) in [6.07, 6.45) is 3.05. The fourth-order valence-electron chi connectivity index (χ4n) is 1.09. The molecule has 5 nitrogen and oxygen atoms in total. The van der Waals surface area contributed by atoms with Crippen molar-refractivity contribution in [3.8, 4) is 0 Å². The predicted molar refractivity (Wildman–Crippen MR) is 53.3 cm³/mol. The summed E-state index contributed by atoms with van der Waals surface area (Å²) in [7, 11) is 0. The predicted octanol–water partition coefficient (Wildman–Crippen LogP) is 2.19. The number of furan rings is 2. The molecule has 0 fully saturated rings. The molecule has 2 amide bonds. The quantitative estimate of drug-likeness (QED) is 0.808. The number of anilines is 1. The molecule has 0 bridgehead atoms. The molecule has 0 atom stereocenters. The number of amides is 2. The van der Waals surface area contributed by atoms with Crippen LogP contribution in [0.3, 0.4) is 0 Å². The summed E-state index contributed by atoms with van der Waals surface area (Å²) in [4.78, 5) is 11.3. The fourth-order valence-corrected chi connectivity index (χ4v) is 1.09. The molecule has 0 unspecified atom stereocenters. The topological polar surface area (TPSA) is 67.4 Å². The van der Waals surface area contributed by atoms with E-state index in [1.54, 1.807) is 30.5 Å². The van der Waals surface area contributed by atoms with Gasteiger partial charge in [0.2, 0.25) is 5.88 Å². The van der Waals surface area contributed by atoms with Gasteiger partial charge in [-0.2, -0.15) is 0 Å². The third-order valence-corrected chi connectivity index (χ3v) is 1.76. The molecule has 15 heavy (non-hydrogen) atoms. The Morgan fingerprint density at radius 1 is 1.20 bits per heavy atom. The van der Waals surface area contributed by atoms with E-state index in [1.165, 1.54) is 6.26 Å². The maximum Gasteiger partial charge on any atom is 0.321 e. The Kier molecular flexibility index (Phi) is 2.73. The standard InChI is InChI=1S/C10H10N2O3/c13-10(12-9-4-2-6-15-9)11-7-8-3-1-5-14-8/h1-6H,7H2,(H2,11,12,13). The van der Waals surface area contributed by atoms with E-state index < -0.39 is 0 Å². The van der Waals surface area contributed by atoms with Gasteiger partial charge in [-0.3, -0.25) is 5.32 Å². The van der Waals surface area contributed by atoms with Crippen LogP contribution in [0.1, 0.15) is 5.76 Å². The SMILES string of the molecule is O=C(NCc1ccco1)Nc1ccco1. The Labute approximate surface area is 86.1 Å². The van der Waals surface area contributed by atoms with Gasteiger partial charge in [-0.15, -0.1) is 0 Å². The Balaban J connectivity index is 1.78. The van der Waals surface area contributed by atoms with Gasteiger partial charge in [0.25, 0.3) is 0 Å². The third kappa shape index (κ3) is 2.63. The van der Waals surface area contributed by atoms with Gasteiger partial charge >= 0.3 is 6.03 Å². The molecule has 0 radical (unpaired) electrons. The number of rotatable bonds is 3. The minimum Gasteiger partial charge on any atom is -0.467 e. The van der Waals surface area contributed by atoms with Crippen molar-refractivity contribution in [1.29, 1.82) is 0 Å². The maximum atomic E-state index is 11.3. The first kappa shape index (κ1) is 9.39. The van der Waals surface area contributed by atoms with Crippen LogP contribution in [-0.4, -0.2) is 6.03 Å². The Morgan fingerprint density at radius 2 is 2.00 bits per heavy atom. The molecule has 5 heteroatoms. The van der Waals surface area contributed by atoms with Crippen LogP contribution in [-0.2, 0) is 6.54 Å². The van der Waals surface area contributed by atoms with Crippen molar-refractivity contribution < 1.29 is 13.6 Å². The Bertz CT molecular complexity index is 406. The third-order valence-electron chi connectivity index (χ3n) is 1.76. The minimum atomic E-state index is -0.332. The smallest absolute Gasteiger partial charge is 0.321 e. The lowest BCUT2D eigenvalue weighted by Gasteiger charge is -2.02. The summed E-state index contributed by atoms with van der Waals surface area (Å²) in [6, 6.07) is 6.57. The highest BCUT2D eigenvalue weighted by molar-refractivity contribution is 5.87. The molecule has 0 spiro atoms. The van der Waals surface area contributed by atoms with Gasteiger partial charge in [-0.1, -0.05) is 0 Å². The van der Waals surface area contributed by atoms with E-state index in [2.05, 4.69) is 10.6 Å². The number of nitrogens with one attached hydrogen (secondary N) is 2. The zero-order valence-electron chi connectivity index (χ0n) is 7.90. The summed E-state index contributed by atoms with van der Waals surface area (Å²) in [5, 5.41) is 5.15. The first-order chi connectivity index (χ1) is 7.34. The van der Waals surface area contributed by atoms with Gasteiger partial charge < -0.3 is 14.2 Å². The molecule has 2 heterocycles. The Morgan fingerprint density at radius 3 is 2.67 bits per heavy atom. The largest absolute Gasteiger partial charge is 0.467 e. The zero-order chi connectivity index (χ0) is 10.5. The van der Waals surface area contributed by atoms with Crippen LogP contribution in [0.15, 0.2) is 45.6 Å². The van der Waals surface area contributed by atoms with Crippen molar-refractivity contribution in [3.05, 3.63) is 42.6 Å². The van der Waals surface area contributed by atoms with E-state index in [0.717, 1.165) is 0 Å². The normalized spacial score (nSPS) is 9.87. The molecule has 2 rings (SSSR count). The van der Waals surface area contributed by atoms with Crippen LogP contribution in [0.25, 0.3) is 0 Å². The molecular weight excluding hydrogens is 196 g/mol. The molecule has 0 aliphatic rings. The first-order valence-corrected chi connectivity index (χ1v) is 4.45. The lowest BCUT2D eigenvalue weighted by molar-refractivity contribution is 0.250. The second-order valence-electron chi connectivity index (χ2n) is 2.86. The van der Waals surface area contributed by atoms with Gasteiger partial charge in [0.15, 0.2) is 0 Å². The van der Waals surface area contributed by atoms with Gasteiger partial charge in [0, 0.05) is 6.07 Å². The number of carbonyl (C=O) groups is 1. The lowest BCUT2D eigenvalue weighted by Crippen LogP contribution is -2.27. The fraction of sp³-hybridized carbons (Fsp3) is 0.100. The van der Waals surface area contributed by atoms with Crippen LogP contribution >= 0.6 is 0 Å². The molecule has 2 aromatic heterocycles. The van der Waals surface area contributed by atoms with Gasteiger partial charge in [-0.05, 0) is 18.2 Å². The van der Waals surface area contributed by atoms with E-state index >= 15 is 0 Å². The molecule has 0 aromatic carbocycles. The van der Waals surface area contributed by atoms with E-state index in [0.29, 0.717) is 18.2 Å². The summed E-state index contributed by atoms with van der Waals surface area (Å²) in [5.74, 6) is 1.11. The number of urea groups is 1. The van der Waals surface area contributed by atoms with Crippen LogP contribution in [0.4, 0.5) is 10.7 Å². The number of hydrogen-bond acceptors (Lipinski definition) is 3. The molecule has 2 aromatic rings. The first-order valence-electron chi connectivity index (χ1n) is 4.45. The lowest BCUT2D eigenvalue weighted by atomic mass is 10.4. The summed E-state index contributed by atoms with van der Waals surface area (Å²) in [5.41, 5.74) is 0. The highest BCUT2D eigenvalue weighted by Crippen LogP contribution is 2.06. The molecule has 0 aliphatic heterocycles. The summed E-state index contributed by atoms with van der Waals surface area (Å²) in [6.45, 7) is 0.347. The van der Waals surface area contributed by atoms with Crippen LogP contribution in [0.2, 0.25) is 0 Å². The van der Waals surface area contributed by atoms with Crippen LogP contribution in [0.5, 0.6) is 0 Å². The van der Waals surface area contributed by atoms with Crippen LogP contribution in [0, 0.1) is 0 Å². The van der Waals surface area contributed by atoms with Crippen molar-refractivity contribution in [2.45, 2.75) is 6.54 Å². The summed E-state index contributed by atoms with van der Waals surface area (Å²) < 4.78 is 10.00. The Hall–Kier alpha value is -2.17. The molecule has 0 saturated heterocycles. The average molecular weight is 206 g/mol. The van der Waals surface area contributed by atoms with E-state index in [9.17, 15) is 4.79 Å². The van der Waals surface area contributed by atoms with E-state index in [4.69, 9.17) is 8.83 Å². The van der Waals surface area contributed by atoms with E-state index in [1.807, 2.05) is 0 Å². The monoisotopic (exact) mass is 206 g/mol. The van der Waals surface area contributed by atoms with Gasteiger partial charge in [0.05, 0.1) is 19.1 Å². The van der Waals surface area contributed by atoms with Crippen molar-refractivity contribution in [2.75, 3.05) is 5.32 Å². The highest BCUT2D eigenvalue weighted by atomic mass is 16.3. The van der Waals surface area contributed by atoms with Crippen molar-refractivity contribution in [1.82, 2.24) is 5.32 Å². The average Bonchev–Trinajstić information content (AvgIpc) is 2.86.